The maximum atomic E-state index is 11.3. The third-order valence-electron chi connectivity index (χ3n) is 2.56. The van der Waals surface area contributed by atoms with Gasteiger partial charge in [-0.25, -0.2) is 4.79 Å². The zero-order valence-electron chi connectivity index (χ0n) is 10.0. The van der Waals surface area contributed by atoms with Crippen molar-refractivity contribution < 1.29 is 19.4 Å². The molecule has 1 aliphatic rings. The molecule has 1 aliphatic carbocycles. The molecular formula is C13H18O4. The SMILES string of the molecule is CCOC(=O)/C=C/CCC(O)C1=CCCC1=O. The summed E-state index contributed by atoms with van der Waals surface area (Å²) < 4.78 is 4.71. The Kier molecular flexibility index (Phi) is 5.63. The molecule has 0 bridgehead atoms. The van der Waals surface area contributed by atoms with E-state index in [1.807, 2.05) is 0 Å². The van der Waals surface area contributed by atoms with E-state index in [9.17, 15) is 14.7 Å². The first kappa shape index (κ1) is 13.6. The Morgan fingerprint density at radius 1 is 1.65 bits per heavy atom. The molecule has 17 heavy (non-hydrogen) atoms. The average Bonchev–Trinajstić information content (AvgIpc) is 2.71. The van der Waals surface area contributed by atoms with Gasteiger partial charge in [0.05, 0.1) is 12.7 Å². The predicted molar refractivity (Wildman–Crippen MR) is 63.3 cm³/mol. The van der Waals surface area contributed by atoms with Crippen LogP contribution in [0.3, 0.4) is 0 Å². The molecule has 0 fully saturated rings. The number of aliphatic hydroxyl groups excluding tert-OH is 1. The van der Waals surface area contributed by atoms with E-state index in [1.54, 1.807) is 19.1 Å². The highest BCUT2D eigenvalue weighted by molar-refractivity contribution is 5.98. The Balaban J connectivity index is 2.27. The molecule has 0 aromatic rings. The van der Waals surface area contributed by atoms with E-state index in [4.69, 9.17) is 4.74 Å². The standard InChI is InChI=1S/C13H18O4/c1-2-17-13(16)9-4-3-7-11(14)10-6-5-8-12(10)15/h4,6,9,11,14H,2-3,5,7-8H2,1H3/b9-4+. The number of allylic oxidation sites excluding steroid dienone is 2. The molecule has 0 saturated carbocycles. The second kappa shape index (κ2) is 7.01. The number of ketones is 1. The highest BCUT2D eigenvalue weighted by Gasteiger charge is 2.21. The van der Waals surface area contributed by atoms with E-state index in [2.05, 4.69) is 0 Å². The predicted octanol–water partition coefficient (Wildman–Crippen LogP) is 1.54. The third-order valence-corrected chi connectivity index (χ3v) is 2.56. The fourth-order valence-electron chi connectivity index (χ4n) is 1.72. The van der Waals surface area contributed by atoms with Crippen molar-refractivity contribution in [3.8, 4) is 0 Å². The van der Waals surface area contributed by atoms with Crippen LogP contribution in [0.1, 0.15) is 32.6 Å². The number of carbonyl (C=O) groups is 2. The normalized spacial score (nSPS) is 17.3. The second-order valence-electron chi connectivity index (χ2n) is 3.87. The molecule has 1 N–H and O–H groups in total. The van der Waals surface area contributed by atoms with Gasteiger partial charge in [0.1, 0.15) is 0 Å². The molecule has 0 aliphatic heterocycles. The van der Waals surface area contributed by atoms with Gasteiger partial charge in [0, 0.05) is 18.1 Å². The molecule has 0 saturated heterocycles. The summed E-state index contributed by atoms with van der Waals surface area (Å²) in [5.74, 6) is -0.343. The Hall–Kier alpha value is -1.42. The molecule has 1 rings (SSSR count). The molecule has 94 valence electrons. The van der Waals surface area contributed by atoms with Crippen LogP contribution in [0.15, 0.2) is 23.8 Å². The van der Waals surface area contributed by atoms with Crippen LogP contribution >= 0.6 is 0 Å². The van der Waals surface area contributed by atoms with Crippen molar-refractivity contribution in [1.29, 1.82) is 0 Å². The van der Waals surface area contributed by atoms with Gasteiger partial charge in [0.25, 0.3) is 0 Å². The van der Waals surface area contributed by atoms with E-state index in [1.165, 1.54) is 6.08 Å². The van der Waals surface area contributed by atoms with Crippen LogP contribution in [0.25, 0.3) is 0 Å². The van der Waals surface area contributed by atoms with Gasteiger partial charge in [-0.1, -0.05) is 12.2 Å². The van der Waals surface area contributed by atoms with Gasteiger partial charge in [-0.05, 0) is 26.2 Å². The summed E-state index contributed by atoms with van der Waals surface area (Å²) in [6, 6.07) is 0. The zero-order chi connectivity index (χ0) is 12.7. The van der Waals surface area contributed by atoms with Crippen LogP contribution in [0.5, 0.6) is 0 Å². The van der Waals surface area contributed by atoms with Gasteiger partial charge < -0.3 is 9.84 Å². The lowest BCUT2D eigenvalue weighted by atomic mass is 10.0. The fraction of sp³-hybridized carbons (Fsp3) is 0.538. The fourth-order valence-corrected chi connectivity index (χ4v) is 1.72. The summed E-state index contributed by atoms with van der Waals surface area (Å²) in [5.41, 5.74) is 0.523. The number of Topliss-reactive ketones (excluding diaryl/α,β-unsaturated/α-hetero) is 1. The minimum Gasteiger partial charge on any atom is -0.463 e. The summed E-state index contributed by atoms with van der Waals surface area (Å²) in [5, 5.41) is 9.75. The summed E-state index contributed by atoms with van der Waals surface area (Å²) >= 11 is 0. The monoisotopic (exact) mass is 238 g/mol. The molecule has 0 aromatic carbocycles. The lowest BCUT2D eigenvalue weighted by molar-refractivity contribution is -0.137. The number of carbonyl (C=O) groups excluding carboxylic acids is 2. The van der Waals surface area contributed by atoms with E-state index in [-0.39, 0.29) is 11.8 Å². The van der Waals surface area contributed by atoms with Crippen molar-refractivity contribution >= 4 is 11.8 Å². The largest absolute Gasteiger partial charge is 0.463 e. The van der Waals surface area contributed by atoms with Crippen molar-refractivity contribution in [2.45, 2.75) is 38.7 Å². The molecule has 4 heteroatoms. The molecule has 1 unspecified atom stereocenters. The molecule has 0 aromatic heterocycles. The Morgan fingerprint density at radius 3 is 3.00 bits per heavy atom. The Morgan fingerprint density at radius 2 is 2.41 bits per heavy atom. The minimum absolute atomic E-state index is 0.0341. The lowest BCUT2D eigenvalue weighted by Crippen LogP contribution is -2.14. The molecule has 0 spiro atoms. The van der Waals surface area contributed by atoms with Crippen LogP contribution < -0.4 is 0 Å². The summed E-state index contributed by atoms with van der Waals surface area (Å²) in [4.78, 5) is 22.3. The highest BCUT2D eigenvalue weighted by atomic mass is 16.5. The molecular weight excluding hydrogens is 220 g/mol. The number of aliphatic hydroxyl groups is 1. The van der Waals surface area contributed by atoms with Crippen molar-refractivity contribution in [2.24, 2.45) is 0 Å². The van der Waals surface area contributed by atoms with E-state index >= 15 is 0 Å². The molecule has 4 nitrogen and oxygen atoms in total. The first-order valence-electron chi connectivity index (χ1n) is 5.89. The van der Waals surface area contributed by atoms with Gasteiger partial charge in [-0.2, -0.15) is 0 Å². The smallest absolute Gasteiger partial charge is 0.330 e. The molecule has 0 radical (unpaired) electrons. The van der Waals surface area contributed by atoms with E-state index < -0.39 is 6.10 Å². The minimum atomic E-state index is -0.711. The van der Waals surface area contributed by atoms with Crippen molar-refractivity contribution in [3.05, 3.63) is 23.8 Å². The maximum absolute atomic E-state index is 11.3. The first-order chi connectivity index (χ1) is 8.15. The molecule has 0 amide bonds. The van der Waals surface area contributed by atoms with E-state index in [0.717, 1.165) is 6.42 Å². The highest BCUT2D eigenvalue weighted by Crippen LogP contribution is 2.20. The maximum Gasteiger partial charge on any atom is 0.330 e. The molecule has 1 atom stereocenters. The van der Waals surface area contributed by atoms with Gasteiger partial charge in [-0.3, -0.25) is 4.79 Å². The van der Waals surface area contributed by atoms with Gasteiger partial charge in [0.15, 0.2) is 5.78 Å². The number of hydrogen-bond donors (Lipinski definition) is 1. The number of hydrogen-bond acceptors (Lipinski definition) is 4. The van der Waals surface area contributed by atoms with Crippen LogP contribution in [0.2, 0.25) is 0 Å². The van der Waals surface area contributed by atoms with Gasteiger partial charge in [0.2, 0.25) is 0 Å². The Bertz CT molecular complexity index is 341. The number of esters is 1. The van der Waals surface area contributed by atoms with Gasteiger partial charge >= 0.3 is 5.97 Å². The van der Waals surface area contributed by atoms with Crippen LogP contribution in [-0.4, -0.2) is 29.6 Å². The van der Waals surface area contributed by atoms with Gasteiger partial charge in [-0.15, -0.1) is 0 Å². The van der Waals surface area contributed by atoms with Crippen LogP contribution in [0.4, 0.5) is 0 Å². The Labute approximate surface area is 101 Å². The second-order valence-corrected chi connectivity index (χ2v) is 3.87. The molecule has 0 heterocycles. The number of rotatable bonds is 6. The lowest BCUT2D eigenvalue weighted by Gasteiger charge is -2.08. The van der Waals surface area contributed by atoms with Crippen LogP contribution in [0, 0.1) is 0 Å². The summed E-state index contributed by atoms with van der Waals surface area (Å²) in [6.45, 7) is 2.10. The van der Waals surface area contributed by atoms with Crippen molar-refractivity contribution in [1.82, 2.24) is 0 Å². The third kappa shape index (κ3) is 4.53. The zero-order valence-corrected chi connectivity index (χ0v) is 10.0. The topological polar surface area (TPSA) is 63.6 Å². The van der Waals surface area contributed by atoms with E-state index in [0.29, 0.717) is 31.4 Å². The van der Waals surface area contributed by atoms with Crippen molar-refractivity contribution in [2.75, 3.05) is 6.61 Å². The average molecular weight is 238 g/mol. The van der Waals surface area contributed by atoms with Crippen molar-refractivity contribution in [3.63, 3.8) is 0 Å². The number of ether oxygens (including phenoxy) is 1. The quantitative estimate of drug-likeness (QED) is 0.563. The van der Waals surface area contributed by atoms with Crippen LogP contribution in [-0.2, 0) is 14.3 Å². The first-order valence-corrected chi connectivity index (χ1v) is 5.89. The summed E-state index contributed by atoms with van der Waals surface area (Å²) in [6.07, 6.45) is 6.31. The summed E-state index contributed by atoms with van der Waals surface area (Å²) in [7, 11) is 0.